The number of phenolic OH excluding ortho intramolecular Hbond substituents is 2. The lowest BCUT2D eigenvalue weighted by Crippen LogP contribution is -1.85. The Balaban J connectivity index is 2.48. The monoisotopic (exact) mass is 260 g/mol. The molecule has 0 saturated heterocycles. The summed E-state index contributed by atoms with van der Waals surface area (Å²) in [6.45, 7) is 2.56. The molecule has 2 aromatic carbocycles. The number of benzene rings is 2. The molecule has 0 fully saturated rings. The first-order valence-electron chi connectivity index (χ1n) is 5.80. The fourth-order valence-corrected chi connectivity index (χ4v) is 4.35. The van der Waals surface area contributed by atoms with Gasteiger partial charge < -0.3 is 14.7 Å². The zero-order valence-electron chi connectivity index (χ0n) is 9.92. The van der Waals surface area contributed by atoms with Crippen molar-refractivity contribution in [3.8, 4) is 11.5 Å². The summed E-state index contributed by atoms with van der Waals surface area (Å²) in [5.41, 5.74) is 0. The molecule has 0 bridgehead atoms. The van der Waals surface area contributed by atoms with Gasteiger partial charge in [0, 0.05) is 18.0 Å². The lowest BCUT2D eigenvalue weighted by molar-refractivity contribution is 0.462. The minimum atomic E-state index is -0.929. The molecule has 0 spiro atoms. The van der Waals surface area contributed by atoms with Crippen molar-refractivity contribution >= 4 is 28.8 Å². The summed E-state index contributed by atoms with van der Waals surface area (Å²) in [6.07, 6.45) is 0. The Morgan fingerprint density at radius 3 is 1.89 bits per heavy atom. The third-order valence-corrected chi connectivity index (χ3v) is 5.08. The smallest absolute Gasteiger partial charge is 0.116 e. The number of hydrogen-bond donors (Lipinski definition) is 2. The third-order valence-electron chi connectivity index (χ3n) is 2.95. The second-order valence-corrected chi connectivity index (χ2v) is 5.93. The molecule has 0 atom stereocenters. The molecular formula is C14H13O3P. The van der Waals surface area contributed by atoms with Crippen LogP contribution in [0.2, 0.25) is 0 Å². The second kappa shape index (κ2) is 4.20. The molecule has 2 N–H and O–H groups in total. The van der Waals surface area contributed by atoms with E-state index >= 15 is 0 Å². The molecule has 3 nitrogen and oxygen atoms in total. The maximum atomic E-state index is 9.62. The highest BCUT2D eigenvalue weighted by Crippen LogP contribution is 2.49. The maximum absolute atomic E-state index is 9.62. The van der Waals surface area contributed by atoms with Crippen LogP contribution < -0.4 is 4.52 Å². The van der Waals surface area contributed by atoms with Crippen molar-refractivity contribution in [1.29, 1.82) is 0 Å². The molecule has 0 aliphatic carbocycles. The van der Waals surface area contributed by atoms with Crippen molar-refractivity contribution in [2.75, 3.05) is 6.61 Å². The van der Waals surface area contributed by atoms with E-state index in [2.05, 4.69) is 0 Å². The SMILES string of the molecule is CCOp1c2cc(O)ccc2c2ccc(O)cc21. The number of phenols is 2. The Bertz CT molecular complexity index is 671. The predicted octanol–water partition coefficient (Wildman–Crippen LogP) is 3.84. The quantitative estimate of drug-likeness (QED) is 0.736. The highest BCUT2D eigenvalue weighted by atomic mass is 31.1. The van der Waals surface area contributed by atoms with Gasteiger partial charge in [-0.1, -0.05) is 0 Å². The highest BCUT2D eigenvalue weighted by molar-refractivity contribution is 7.57. The third kappa shape index (κ3) is 1.64. The molecule has 3 rings (SSSR count). The fourth-order valence-electron chi connectivity index (χ4n) is 2.23. The molecule has 0 aliphatic rings. The first-order chi connectivity index (χ1) is 8.70. The maximum Gasteiger partial charge on any atom is 0.116 e. The lowest BCUT2D eigenvalue weighted by Gasteiger charge is -2.01. The first kappa shape index (κ1) is 11.4. The predicted molar refractivity (Wildman–Crippen MR) is 74.6 cm³/mol. The van der Waals surface area contributed by atoms with Crippen LogP contribution in [-0.4, -0.2) is 16.8 Å². The lowest BCUT2D eigenvalue weighted by atomic mass is 10.1. The van der Waals surface area contributed by atoms with E-state index in [0.717, 1.165) is 21.0 Å². The molecule has 18 heavy (non-hydrogen) atoms. The molecular weight excluding hydrogens is 247 g/mol. The van der Waals surface area contributed by atoms with Crippen LogP contribution >= 0.6 is 7.76 Å². The largest absolute Gasteiger partial charge is 0.508 e. The van der Waals surface area contributed by atoms with Crippen LogP contribution in [0.3, 0.4) is 0 Å². The van der Waals surface area contributed by atoms with E-state index in [-0.39, 0.29) is 11.5 Å². The van der Waals surface area contributed by atoms with Gasteiger partial charge in [-0.3, -0.25) is 0 Å². The Morgan fingerprint density at radius 2 is 1.44 bits per heavy atom. The summed E-state index contributed by atoms with van der Waals surface area (Å²) in [5.74, 6) is 0.496. The summed E-state index contributed by atoms with van der Waals surface area (Å²) >= 11 is 0. The molecule has 1 aromatic heterocycles. The van der Waals surface area contributed by atoms with E-state index in [0.29, 0.717) is 6.61 Å². The summed E-state index contributed by atoms with van der Waals surface area (Å²) in [6, 6.07) is 10.7. The molecule has 0 unspecified atom stereocenters. The first-order valence-corrected chi connectivity index (χ1v) is 7.06. The zero-order valence-corrected chi connectivity index (χ0v) is 10.8. The van der Waals surface area contributed by atoms with Crippen molar-refractivity contribution in [2.45, 2.75) is 6.92 Å². The Kier molecular flexibility index (Phi) is 2.66. The minimum absolute atomic E-state index is 0.248. The van der Waals surface area contributed by atoms with Gasteiger partial charge in [-0.25, -0.2) is 0 Å². The van der Waals surface area contributed by atoms with Gasteiger partial charge in [0.2, 0.25) is 0 Å². The summed E-state index contributed by atoms with van der Waals surface area (Å²) < 4.78 is 5.81. The standard InChI is InChI=1S/C14H13O3P/c1-2-17-18-13-7-9(15)3-5-11(13)12-6-4-10(16)8-14(12)18/h3-8,15-16H,2H2,1H3. The second-order valence-electron chi connectivity index (χ2n) is 4.12. The molecule has 0 aliphatic heterocycles. The van der Waals surface area contributed by atoms with Crippen molar-refractivity contribution in [1.82, 2.24) is 0 Å². The van der Waals surface area contributed by atoms with Crippen molar-refractivity contribution < 1.29 is 14.7 Å². The van der Waals surface area contributed by atoms with E-state index < -0.39 is 7.76 Å². The van der Waals surface area contributed by atoms with Crippen molar-refractivity contribution in [3.63, 3.8) is 0 Å². The summed E-state index contributed by atoms with van der Waals surface area (Å²) in [7, 11) is -0.929. The molecule has 92 valence electrons. The minimum Gasteiger partial charge on any atom is -0.508 e. The van der Waals surface area contributed by atoms with Gasteiger partial charge in [0.05, 0.1) is 6.61 Å². The summed E-state index contributed by atoms with van der Waals surface area (Å²) in [4.78, 5) is 0. The average molecular weight is 260 g/mol. The van der Waals surface area contributed by atoms with Crippen LogP contribution in [0.15, 0.2) is 36.4 Å². The van der Waals surface area contributed by atoms with Gasteiger partial charge in [0.25, 0.3) is 0 Å². The Morgan fingerprint density at radius 1 is 0.944 bits per heavy atom. The number of hydrogen-bond acceptors (Lipinski definition) is 3. The number of aromatic hydroxyl groups is 2. The molecule has 1 heterocycles. The van der Waals surface area contributed by atoms with E-state index in [4.69, 9.17) is 4.52 Å². The normalized spacial score (nSPS) is 11.4. The van der Waals surface area contributed by atoms with Crippen LogP contribution in [0, 0.1) is 0 Å². The van der Waals surface area contributed by atoms with Crippen LogP contribution in [0.1, 0.15) is 6.92 Å². The van der Waals surface area contributed by atoms with Crippen molar-refractivity contribution in [3.05, 3.63) is 36.4 Å². The van der Waals surface area contributed by atoms with Gasteiger partial charge in [0.15, 0.2) is 0 Å². The number of rotatable bonds is 2. The van der Waals surface area contributed by atoms with E-state index in [1.807, 2.05) is 19.1 Å². The zero-order chi connectivity index (χ0) is 12.7. The van der Waals surface area contributed by atoms with E-state index in [9.17, 15) is 10.2 Å². The van der Waals surface area contributed by atoms with Gasteiger partial charge in [-0.2, -0.15) is 0 Å². The van der Waals surface area contributed by atoms with Crippen LogP contribution in [0.5, 0.6) is 11.5 Å². The van der Waals surface area contributed by atoms with Crippen LogP contribution in [0.25, 0.3) is 21.0 Å². The molecule has 0 amide bonds. The van der Waals surface area contributed by atoms with Gasteiger partial charge in [-0.15, -0.1) is 0 Å². The molecule has 0 saturated carbocycles. The number of fused-ring (bicyclic) bond motifs is 3. The van der Waals surface area contributed by atoms with Gasteiger partial charge in [0.1, 0.15) is 11.5 Å². The molecule has 0 radical (unpaired) electrons. The topological polar surface area (TPSA) is 49.7 Å². The molecule has 3 aromatic rings. The Hall–Kier alpha value is -1.70. The average Bonchev–Trinajstić information content (AvgIpc) is 2.63. The van der Waals surface area contributed by atoms with Crippen molar-refractivity contribution in [2.24, 2.45) is 0 Å². The fraction of sp³-hybridized carbons (Fsp3) is 0.143. The van der Waals surface area contributed by atoms with E-state index in [1.54, 1.807) is 24.3 Å². The highest BCUT2D eigenvalue weighted by Gasteiger charge is 2.13. The van der Waals surface area contributed by atoms with Gasteiger partial charge >= 0.3 is 0 Å². The summed E-state index contributed by atoms with van der Waals surface area (Å²) in [5, 5.41) is 23.5. The van der Waals surface area contributed by atoms with E-state index in [1.165, 1.54) is 0 Å². The van der Waals surface area contributed by atoms with Crippen LogP contribution in [0.4, 0.5) is 0 Å². The Labute approximate surface area is 105 Å². The van der Waals surface area contributed by atoms with Gasteiger partial charge in [-0.05, 0) is 54.1 Å². The molecule has 4 heteroatoms. The van der Waals surface area contributed by atoms with Crippen LogP contribution in [-0.2, 0) is 0 Å².